The van der Waals surface area contributed by atoms with E-state index in [9.17, 15) is 13.6 Å². The number of halogens is 2. The van der Waals surface area contributed by atoms with Gasteiger partial charge in [-0.25, -0.2) is 8.78 Å². The first-order chi connectivity index (χ1) is 14.1. The number of pyridine rings is 1. The molecule has 4 rings (SSSR count). The topological polar surface area (TPSA) is 74.5 Å². The van der Waals surface area contributed by atoms with E-state index in [2.05, 4.69) is 25.1 Å². The Morgan fingerprint density at radius 1 is 1.17 bits per heavy atom. The normalized spacial score (nSPS) is 18.8. The lowest BCUT2D eigenvalue weighted by Gasteiger charge is -2.39. The first kappa shape index (κ1) is 19.8. The molecule has 0 bridgehead atoms. The third-order valence-electron chi connectivity index (χ3n) is 5.67. The molecule has 1 N–H and O–H groups in total. The fourth-order valence-electron chi connectivity index (χ4n) is 4.05. The number of aromatic nitrogens is 2. The van der Waals surface area contributed by atoms with Crippen molar-refractivity contribution in [2.24, 2.45) is 0 Å². The lowest BCUT2D eigenvalue weighted by Crippen LogP contribution is -2.46. The molecule has 7 nitrogen and oxygen atoms in total. The van der Waals surface area contributed by atoms with Crippen LogP contribution in [0.2, 0.25) is 0 Å². The van der Waals surface area contributed by atoms with Crippen LogP contribution in [0, 0.1) is 11.6 Å². The van der Waals surface area contributed by atoms with Crippen LogP contribution in [0.4, 0.5) is 14.8 Å². The molecule has 0 unspecified atom stereocenters. The van der Waals surface area contributed by atoms with Crippen LogP contribution in [-0.2, 0) is 6.54 Å². The number of rotatable bonds is 5. The molecule has 1 amide bonds. The molecule has 9 heteroatoms. The number of hydrogen-bond donors (Lipinski definition) is 1. The Morgan fingerprint density at radius 2 is 1.93 bits per heavy atom. The minimum atomic E-state index is -0.803. The van der Waals surface area contributed by atoms with E-state index in [-0.39, 0.29) is 17.9 Å². The van der Waals surface area contributed by atoms with E-state index in [4.69, 9.17) is 4.42 Å². The van der Waals surface area contributed by atoms with Crippen molar-refractivity contribution in [1.82, 2.24) is 20.2 Å². The van der Waals surface area contributed by atoms with Crippen molar-refractivity contribution in [2.75, 3.05) is 31.1 Å². The first-order valence-corrected chi connectivity index (χ1v) is 10.1. The maximum atomic E-state index is 13.6. The number of nitrogens with zero attached hydrogens (tertiary/aromatic N) is 4. The summed E-state index contributed by atoms with van der Waals surface area (Å²) in [6, 6.07) is 1.77. The third kappa shape index (κ3) is 4.72. The molecule has 0 atom stereocenters. The van der Waals surface area contributed by atoms with Crippen molar-refractivity contribution >= 4 is 11.9 Å². The summed E-state index contributed by atoms with van der Waals surface area (Å²) < 4.78 is 32.0. The summed E-state index contributed by atoms with van der Waals surface area (Å²) in [5, 5.41) is 2.53. The Balaban J connectivity index is 1.29. The standard InChI is InChI=1S/C20H25F2N5O2/c21-14-10-16(22)17(23-11-14)12-24-19(28)18-13-29-20(25-18)27-8-4-15(5-9-27)26-6-2-1-3-7-26/h10-11,13,15H,1-9,12H2,(H,24,28). The third-order valence-corrected chi connectivity index (χ3v) is 5.67. The van der Waals surface area contributed by atoms with Crippen molar-refractivity contribution in [2.45, 2.75) is 44.7 Å². The highest BCUT2D eigenvalue weighted by molar-refractivity contribution is 5.92. The maximum absolute atomic E-state index is 13.6. The average Bonchev–Trinajstić information content (AvgIpc) is 3.24. The van der Waals surface area contributed by atoms with Gasteiger partial charge in [-0.05, 0) is 38.8 Å². The fraction of sp³-hybridized carbons (Fsp3) is 0.550. The second-order valence-corrected chi connectivity index (χ2v) is 7.59. The number of oxazole rings is 1. The maximum Gasteiger partial charge on any atom is 0.297 e. The summed E-state index contributed by atoms with van der Waals surface area (Å²) in [7, 11) is 0. The molecule has 0 radical (unpaired) electrons. The van der Waals surface area contributed by atoms with E-state index in [1.54, 1.807) is 0 Å². The Morgan fingerprint density at radius 3 is 2.66 bits per heavy atom. The van der Waals surface area contributed by atoms with Gasteiger partial charge in [0.1, 0.15) is 17.9 Å². The Kier molecular flexibility index (Phi) is 6.03. The van der Waals surface area contributed by atoms with Gasteiger partial charge < -0.3 is 19.5 Å². The molecule has 156 valence electrons. The molecular formula is C20H25F2N5O2. The number of likely N-dealkylation sites (tertiary alicyclic amines) is 1. The fourth-order valence-corrected chi connectivity index (χ4v) is 4.05. The Bertz CT molecular complexity index is 845. The first-order valence-electron chi connectivity index (χ1n) is 10.1. The van der Waals surface area contributed by atoms with Crippen molar-refractivity contribution in [3.05, 3.63) is 41.5 Å². The molecule has 2 aromatic rings. The molecule has 2 saturated heterocycles. The predicted octanol–water partition coefficient (Wildman–Crippen LogP) is 2.73. The van der Waals surface area contributed by atoms with Crippen LogP contribution in [0.1, 0.15) is 48.3 Å². The average molecular weight is 405 g/mol. The minimum absolute atomic E-state index is 0.0387. The smallest absolute Gasteiger partial charge is 0.297 e. The second kappa shape index (κ2) is 8.86. The molecule has 2 aliphatic rings. The van der Waals surface area contributed by atoms with E-state index < -0.39 is 17.5 Å². The van der Waals surface area contributed by atoms with Gasteiger partial charge in [-0.1, -0.05) is 6.42 Å². The zero-order valence-electron chi connectivity index (χ0n) is 16.2. The summed E-state index contributed by atoms with van der Waals surface area (Å²) >= 11 is 0. The highest BCUT2D eigenvalue weighted by atomic mass is 19.1. The number of piperidine rings is 2. The van der Waals surface area contributed by atoms with Crippen LogP contribution in [0.5, 0.6) is 0 Å². The van der Waals surface area contributed by atoms with E-state index in [0.29, 0.717) is 12.1 Å². The largest absolute Gasteiger partial charge is 0.431 e. The van der Waals surface area contributed by atoms with Gasteiger partial charge in [-0.15, -0.1) is 0 Å². The predicted molar refractivity (Wildman–Crippen MR) is 102 cm³/mol. The Hall–Kier alpha value is -2.55. The summed E-state index contributed by atoms with van der Waals surface area (Å²) in [6.07, 6.45) is 8.23. The number of carbonyl (C=O) groups is 1. The second-order valence-electron chi connectivity index (χ2n) is 7.59. The molecule has 0 aliphatic carbocycles. The zero-order valence-corrected chi connectivity index (χ0v) is 16.2. The molecule has 2 aromatic heterocycles. The van der Waals surface area contributed by atoms with Crippen LogP contribution in [0.3, 0.4) is 0 Å². The van der Waals surface area contributed by atoms with Crippen molar-refractivity contribution in [1.29, 1.82) is 0 Å². The molecule has 29 heavy (non-hydrogen) atoms. The van der Waals surface area contributed by atoms with Crippen molar-refractivity contribution < 1.29 is 18.0 Å². The number of carbonyl (C=O) groups excluding carboxylic acids is 1. The zero-order chi connectivity index (χ0) is 20.2. The lowest BCUT2D eigenvalue weighted by atomic mass is 10.0. The van der Waals surface area contributed by atoms with Crippen LogP contribution in [-0.4, -0.2) is 53.0 Å². The monoisotopic (exact) mass is 405 g/mol. The van der Waals surface area contributed by atoms with Gasteiger partial charge in [0.05, 0.1) is 18.4 Å². The molecule has 0 aromatic carbocycles. The summed E-state index contributed by atoms with van der Waals surface area (Å²) in [4.78, 5) is 24.8. The Labute approximate surface area is 168 Å². The molecule has 0 spiro atoms. The van der Waals surface area contributed by atoms with Gasteiger partial charge in [0, 0.05) is 25.2 Å². The summed E-state index contributed by atoms with van der Waals surface area (Å²) in [5.41, 5.74) is 0.0870. The number of anilines is 1. The summed E-state index contributed by atoms with van der Waals surface area (Å²) in [6.45, 7) is 3.91. The number of hydrogen-bond acceptors (Lipinski definition) is 6. The molecule has 2 aliphatic heterocycles. The van der Waals surface area contributed by atoms with Gasteiger partial charge in [0.15, 0.2) is 5.69 Å². The van der Waals surface area contributed by atoms with E-state index >= 15 is 0 Å². The summed E-state index contributed by atoms with van der Waals surface area (Å²) in [5.74, 6) is -2.06. The molecule has 2 fully saturated rings. The lowest BCUT2D eigenvalue weighted by molar-refractivity contribution is 0.0945. The van der Waals surface area contributed by atoms with E-state index in [0.717, 1.165) is 38.2 Å². The van der Waals surface area contributed by atoms with Crippen LogP contribution in [0.15, 0.2) is 22.9 Å². The van der Waals surface area contributed by atoms with Crippen molar-refractivity contribution in [3.63, 3.8) is 0 Å². The molecule has 4 heterocycles. The number of amides is 1. The highest BCUT2D eigenvalue weighted by Gasteiger charge is 2.27. The van der Waals surface area contributed by atoms with Gasteiger partial charge in [0.25, 0.3) is 11.9 Å². The van der Waals surface area contributed by atoms with E-state index in [1.807, 2.05) is 0 Å². The van der Waals surface area contributed by atoms with Crippen LogP contribution >= 0.6 is 0 Å². The highest BCUT2D eigenvalue weighted by Crippen LogP contribution is 2.24. The van der Waals surface area contributed by atoms with Gasteiger partial charge >= 0.3 is 0 Å². The van der Waals surface area contributed by atoms with Crippen LogP contribution < -0.4 is 10.2 Å². The number of nitrogens with one attached hydrogen (secondary N) is 1. The van der Waals surface area contributed by atoms with Crippen molar-refractivity contribution in [3.8, 4) is 0 Å². The van der Waals surface area contributed by atoms with E-state index in [1.165, 1.54) is 38.6 Å². The SMILES string of the molecule is O=C(NCc1ncc(F)cc1F)c1coc(N2CCC(N3CCCCC3)CC2)n1. The van der Waals surface area contributed by atoms with Crippen LogP contribution in [0.25, 0.3) is 0 Å². The van der Waals surface area contributed by atoms with Gasteiger partial charge in [-0.2, -0.15) is 4.98 Å². The molecule has 0 saturated carbocycles. The van der Waals surface area contributed by atoms with Gasteiger partial charge in [-0.3, -0.25) is 9.78 Å². The minimum Gasteiger partial charge on any atom is -0.431 e. The van der Waals surface area contributed by atoms with Gasteiger partial charge in [0.2, 0.25) is 0 Å². The molecular weight excluding hydrogens is 380 g/mol. The quantitative estimate of drug-likeness (QED) is 0.825.